The Morgan fingerprint density at radius 1 is 0.738 bits per heavy atom. The Morgan fingerprint density at radius 2 is 1.34 bits per heavy atom. The number of hydrogen-bond acceptors (Lipinski definition) is 7. The summed E-state index contributed by atoms with van der Waals surface area (Å²) in [5.74, 6) is 1.41. The van der Waals surface area contributed by atoms with Crippen molar-refractivity contribution in [3.8, 4) is 33.6 Å². The minimum atomic E-state index is -0.395. The van der Waals surface area contributed by atoms with E-state index in [2.05, 4.69) is 91.5 Å². The zero-order valence-electron chi connectivity index (χ0n) is 38.3. The SMILES string of the molecule is C=C1CCN(C(=O)[C@@H](c2ccccc2)N(CC)CC)[C@@H]1c1ncc(-c2ccc(-c3ccc4c(c3)CCCc3c-4nc([C@@H]4CCCN4C(=O)[C@@H](c4ccccc4)N(CC)CC)n3O)cc2)[nH]1. The van der Waals surface area contributed by atoms with Gasteiger partial charge in [0.05, 0.1) is 29.3 Å². The fraction of sp³-hybridized carbons (Fsp3) is 0.370. The fourth-order valence-electron chi connectivity index (χ4n) is 10.7. The van der Waals surface area contributed by atoms with Crippen LogP contribution in [0.5, 0.6) is 0 Å². The number of likely N-dealkylation sites (N-methyl/N-ethyl adjacent to an activating group) is 2. The van der Waals surface area contributed by atoms with Gasteiger partial charge in [0.1, 0.15) is 23.9 Å². The van der Waals surface area contributed by atoms with Crippen LogP contribution in [0.15, 0.2) is 121 Å². The van der Waals surface area contributed by atoms with Crippen LogP contribution in [0.3, 0.4) is 0 Å². The molecule has 0 bridgehead atoms. The number of rotatable bonds is 14. The van der Waals surface area contributed by atoms with Crippen LogP contribution in [0.4, 0.5) is 0 Å². The molecule has 0 unspecified atom stereocenters. The average Bonchev–Trinajstić information content (AvgIpc) is 4.15. The zero-order valence-corrected chi connectivity index (χ0v) is 38.3. The summed E-state index contributed by atoms with van der Waals surface area (Å²) in [5.41, 5.74) is 10.9. The lowest BCUT2D eigenvalue weighted by Crippen LogP contribution is -2.43. The van der Waals surface area contributed by atoms with Crippen LogP contribution < -0.4 is 0 Å². The number of carbonyl (C=O) groups is 2. The maximum atomic E-state index is 14.5. The molecule has 65 heavy (non-hydrogen) atoms. The molecule has 11 heteroatoms. The number of fused-ring (bicyclic) bond motifs is 3. The summed E-state index contributed by atoms with van der Waals surface area (Å²) < 4.78 is 1.30. The zero-order chi connectivity index (χ0) is 45.2. The maximum absolute atomic E-state index is 14.5. The van der Waals surface area contributed by atoms with Crippen LogP contribution >= 0.6 is 0 Å². The normalized spacial score (nSPS) is 18.2. The van der Waals surface area contributed by atoms with E-state index in [0.717, 1.165) is 120 Å². The second-order valence-electron chi connectivity index (χ2n) is 17.7. The van der Waals surface area contributed by atoms with Gasteiger partial charge in [-0.05, 0) is 104 Å². The summed E-state index contributed by atoms with van der Waals surface area (Å²) in [6.07, 6.45) is 6.65. The van der Waals surface area contributed by atoms with E-state index < -0.39 is 6.04 Å². The van der Waals surface area contributed by atoms with Gasteiger partial charge in [-0.25, -0.2) is 9.97 Å². The highest BCUT2D eigenvalue weighted by atomic mass is 16.5. The first-order chi connectivity index (χ1) is 31.7. The second kappa shape index (κ2) is 19.0. The quantitative estimate of drug-likeness (QED) is 0.0828. The van der Waals surface area contributed by atoms with E-state index >= 15 is 0 Å². The Balaban J connectivity index is 0.939. The van der Waals surface area contributed by atoms with E-state index in [1.165, 1.54) is 10.3 Å². The van der Waals surface area contributed by atoms with Gasteiger partial charge in [0.2, 0.25) is 11.8 Å². The third-order valence-electron chi connectivity index (χ3n) is 14.1. The van der Waals surface area contributed by atoms with Gasteiger partial charge in [-0.3, -0.25) is 19.4 Å². The Morgan fingerprint density at radius 3 is 1.97 bits per heavy atom. The summed E-state index contributed by atoms with van der Waals surface area (Å²) >= 11 is 0. The van der Waals surface area contributed by atoms with Gasteiger partial charge in [-0.1, -0.05) is 137 Å². The highest BCUT2D eigenvalue weighted by Gasteiger charge is 2.41. The van der Waals surface area contributed by atoms with E-state index in [-0.39, 0.29) is 29.9 Å². The number of hydrogen-bond donors (Lipinski definition) is 2. The van der Waals surface area contributed by atoms with Gasteiger partial charge in [0.15, 0.2) is 5.82 Å². The van der Waals surface area contributed by atoms with Gasteiger partial charge in [0.25, 0.3) is 0 Å². The highest BCUT2D eigenvalue weighted by molar-refractivity contribution is 5.85. The van der Waals surface area contributed by atoms with E-state index in [1.807, 2.05) is 76.7 Å². The summed E-state index contributed by atoms with van der Waals surface area (Å²) in [6.45, 7) is 17.1. The molecule has 336 valence electrons. The number of nitrogens with one attached hydrogen (secondary N) is 1. The number of imidazole rings is 2. The smallest absolute Gasteiger partial charge is 0.245 e. The van der Waals surface area contributed by atoms with Gasteiger partial charge in [-0.2, -0.15) is 4.73 Å². The van der Waals surface area contributed by atoms with Gasteiger partial charge >= 0.3 is 0 Å². The molecule has 6 aromatic rings. The molecule has 1 aliphatic carbocycles. The van der Waals surface area contributed by atoms with Crippen LogP contribution in [0.1, 0.15) is 112 Å². The molecule has 11 nitrogen and oxygen atoms in total. The molecule has 2 aromatic heterocycles. The summed E-state index contributed by atoms with van der Waals surface area (Å²) in [5, 5.41) is 11.8. The lowest BCUT2D eigenvalue weighted by Gasteiger charge is -2.34. The standard InChI is InChI=1S/C54H62N8O3/c1-6-58(7-2)49(39-18-12-10-13-19-39)53(63)60-32-17-24-46(60)52-57-47-43-30-29-41(34-42(43)22-16-23-45(47)62(52)65)37-25-27-38(28-26-37)44-35-55-51(56-44)48-36(5)31-33-61(48)54(64)50(59(8-3)9-4)40-20-14-11-15-21-40/h10-15,18-21,25-30,34-35,46,48-50,65H,5-9,16-17,22-24,31-33H2,1-4H3,(H,55,56)/t46-,48-,49+,50+/m0/s1. The van der Waals surface area contributed by atoms with Crippen molar-refractivity contribution in [3.63, 3.8) is 0 Å². The number of likely N-dealkylation sites (tertiary alicyclic amines) is 2. The van der Waals surface area contributed by atoms with E-state index in [0.29, 0.717) is 25.3 Å². The lowest BCUT2D eigenvalue weighted by molar-refractivity contribution is -0.139. The molecule has 2 aliphatic heterocycles. The molecule has 2 saturated heterocycles. The summed E-state index contributed by atoms with van der Waals surface area (Å²) in [7, 11) is 0. The van der Waals surface area contributed by atoms with Crippen molar-refractivity contribution in [1.29, 1.82) is 0 Å². The minimum absolute atomic E-state index is 0.0612. The van der Waals surface area contributed by atoms with Crippen LogP contribution in [0.2, 0.25) is 0 Å². The average molecular weight is 871 g/mol. The molecular weight excluding hydrogens is 809 g/mol. The molecule has 9 rings (SSSR count). The predicted octanol–water partition coefficient (Wildman–Crippen LogP) is 9.99. The number of H-pyrrole nitrogens is 1. The molecule has 2 amide bonds. The first-order valence-electron chi connectivity index (χ1n) is 23.7. The molecule has 2 fully saturated rings. The van der Waals surface area contributed by atoms with Crippen LogP contribution in [-0.2, 0) is 22.4 Å². The summed E-state index contributed by atoms with van der Waals surface area (Å²) in [4.78, 5) is 50.9. The third kappa shape index (κ3) is 8.32. The Hall–Kier alpha value is -6.30. The van der Waals surface area contributed by atoms with Crippen molar-refractivity contribution in [3.05, 3.63) is 156 Å². The topological polar surface area (TPSA) is 114 Å². The first-order valence-corrected chi connectivity index (χ1v) is 23.7. The molecule has 0 radical (unpaired) electrons. The number of benzene rings is 4. The lowest BCUT2D eigenvalue weighted by atomic mass is 9.95. The Labute approximate surface area is 383 Å². The molecule has 3 aliphatic rings. The van der Waals surface area contributed by atoms with Gasteiger partial charge in [-0.15, -0.1) is 0 Å². The molecule has 4 aromatic carbocycles. The monoisotopic (exact) mass is 870 g/mol. The number of aryl methyl sites for hydroxylation is 1. The van der Waals surface area contributed by atoms with E-state index in [1.54, 1.807) is 0 Å². The highest BCUT2D eigenvalue weighted by Crippen LogP contribution is 2.42. The van der Waals surface area contributed by atoms with Crippen molar-refractivity contribution in [2.75, 3.05) is 39.3 Å². The number of aromatic amines is 1. The summed E-state index contributed by atoms with van der Waals surface area (Å²) in [6, 6.07) is 33.8. The van der Waals surface area contributed by atoms with Crippen LogP contribution in [-0.4, -0.2) is 95.6 Å². The Kier molecular flexibility index (Phi) is 12.9. The minimum Gasteiger partial charge on any atom is -0.427 e. The van der Waals surface area contributed by atoms with Crippen LogP contribution in [0, 0.1) is 0 Å². The molecular formula is C54H62N8O3. The maximum Gasteiger partial charge on any atom is 0.245 e. The first kappa shape index (κ1) is 43.9. The van der Waals surface area contributed by atoms with E-state index in [4.69, 9.17) is 9.97 Å². The second-order valence-corrected chi connectivity index (χ2v) is 17.7. The van der Waals surface area contributed by atoms with Crippen molar-refractivity contribution in [1.82, 2.24) is 39.3 Å². The molecule has 4 heterocycles. The van der Waals surface area contributed by atoms with Gasteiger partial charge in [0, 0.05) is 18.7 Å². The number of nitrogens with zero attached hydrogens (tertiary/aromatic N) is 7. The molecule has 4 atom stereocenters. The van der Waals surface area contributed by atoms with Crippen molar-refractivity contribution in [2.45, 2.75) is 90.4 Å². The predicted molar refractivity (Wildman–Crippen MR) is 256 cm³/mol. The molecule has 0 spiro atoms. The molecule has 2 N–H and O–H groups in total. The van der Waals surface area contributed by atoms with E-state index in [9.17, 15) is 14.8 Å². The third-order valence-corrected chi connectivity index (χ3v) is 14.1. The van der Waals surface area contributed by atoms with Gasteiger partial charge < -0.3 is 20.0 Å². The van der Waals surface area contributed by atoms with Crippen molar-refractivity contribution < 1.29 is 14.8 Å². The molecule has 0 saturated carbocycles. The Bertz CT molecular complexity index is 2630. The number of carbonyl (C=O) groups excluding carboxylic acids is 2. The van der Waals surface area contributed by atoms with Crippen molar-refractivity contribution in [2.24, 2.45) is 0 Å². The fourth-order valence-corrected chi connectivity index (χ4v) is 10.7. The number of amides is 2. The van der Waals surface area contributed by atoms with Crippen LogP contribution in [0.25, 0.3) is 33.6 Å². The van der Waals surface area contributed by atoms with Crippen molar-refractivity contribution >= 4 is 11.8 Å². The largest absolute Gasteiger partial charge is 0.427 e. The number of aromatic nitrogens is 4.